The van der Waals surface area contributed by atoms with Crippen LogP contribution in [0, 0.1) is 6.57 Å². The predicted octanol–water partition coefficient (Wildman–Crippen LogP) is 3.87. The molecule has 0 aliphatic heterocycles. The van der Waals surface area contributed by atoms with E-state index < -0.39 is 0 Å². The molecule has 0 radical (unpaired) electrons. The van der Waals surface area contributed by atoms with Gasteiger partial charge in [0.05, 0.1) is 11.1 Å². The average molecular weight is 217 g/mol. The van der Waals surface area contributed by atoms with Gasteiger partial charge in [-0.25, -0.2) is 11.6 Å². The molecule has 0 N–H and O–H groups in total. The highest BCUT2D eigenvalue weighted by atomic mass is 35.5. The number of halogens is 1. The lowest BCUT2D eigenvalue weighted by molar-refractivity contribution is 0.954. The fourth-order valence-corrected chi connectivity index (χ4v) is 1.77. The van der Waals surface area contributed by atoms with Crippen molar-refractivity contribution in [2.75, 3.05) is 0 Å². The maximum atomic E-state index is 6.99. The Hall–Kier alpha value is -1.59. The lowest BCUT2D eigenvalue weighted by Gasteiger charge is -2.04. The molecule has 0 aliphatic carbocycles. The van der Waals surface area contributed by atoms with Crippen LogP contribution in [0.2, 0.25) is 5.15 Å². The molecule has 1 atom stereocenters. The molecule has 3 heteroatoms. The second-order valence-electron chi connectivity index (χ2n) is 3.37. The molecule has 15 heavy (non-hydrogen) atoms. The van der Waals surface area contributed by atoms with E-state index in [1.165, 1.54) is 0 Å². The third-order valence-electron chi connectivity index (χ3n) is 2.35. The first-order valence-electron chi connectivity index (χ1n) is 4.64. The topological polar surface area (TPSA) is 17.2 Å². The Bertz CT molecular complexity index is 543. The van der Waals surface area contributed by atoms with Gasteiger partial charge in [0, 0.05) is 12.3 Å². The Labute approximate surface area is 93.3 Å². The van der Waals surface area contributed by atoms with Crippen LogP contribution in [0.3, 0.4) is 0 Å². The number of benzene rings is 1. The third kappa shape index (κ3) is 1.79. The van der Waals surface area contributed by atoms with Crippen LogP contribution in [0.5, 0.6) is 0 Å². The van der Waals surface area contributed by atoms with Crippen molar-refractivity contribution in [2.24, 2.45) is 0 Å². The van der Waals surface area contributed by atoms with Gasteiger partial charge < -0.3 is 4.85 Å². The zero-order valence-electron chi connectivity index (χ0n) is 8.24. The molecule has 2 rings (SSSR count). The molecule has 0 saturated heterocycles. The molecule has 0 saturated carbocycles. The number of nitrogens with zero attached hydrogens (tertiary/aromatic N) is 2. The van der Waals surface area contributed by atoms with Crippen LogP contribution < -0.4 is 0 Å². The Morgan fingerprint density at radius 2 is 2.13 bits per heavy atom. The number of para-hydroxylation sites is 1. The zero-order chi connectivity index (χ0) is 10.8. The average Bonchev–Trinajstić information content (AvgIpc) is 2.27. The van der Waals surface area contributed by atoms with Crippen LogP contribution in [0.1, 0.15) is 18.5 Å². The van der Waals surface area contributed by atoms with Crippen LogP contribution in [0.25, 0.3) is 15.7 Å². The Kier molecular flexibility index (Phi) is 2.57. The van der Waals surface area contributed by atoms with E-state index >= 15 is 0 Å². The van der Waals surface area contributed by atoms with Crippen LogP contribution in [0.4, 0.5) is 0 Å². The molecule has 0 bridgehead atoms. The SMILES string of the molecule is [C-]#[N+]C(C)c1cc2ccccc2nc1Cl. The normalized spacial score (nSPS) is 12.3. The van der Waals surface area contributed by atoms with Crippen molar-refractivity contribution in [3.63, 3.8) is 0 Å². The van der Waals surface area contributed by atoms with Crippen LogP contribution in [-0.4, -0.2) is 4.98 Å². The molecule has 1 heterocycles. The second kappa shape index (κ2) is 3.88. The minimum absolute atomic E-state index is 0.241. The van der Waals surface area contributed by atoms with E-state index in [0.29, 0.717) is 5.15 Å². The molecule has 0 aliphatic rings. The molecule has 0 fully saturated rings. The molecule has 0 spiro atoms. The van der Waals surface area contributed by atoms with E-state index in [1.54, 1.807) is 0 Å². The number of rotatable bonds is 1. The Morgan fingerprint density at radius 1 is 1.40 bits per heavy atom. The van der Waals surface area contributed by atoms with Crippen LogP contribution >= 0.6 is 11.6 Å². The van der Waals surface area contributed by atoms with Crippen molar-refractivity contribution < 1.29 is 0 Å². The van der Waals surface area contributed by atoms with Crippen molar-refractivity contribution in [3.8, 4) is 0 Å². The minimum Gasteiger partial charge on any atom is -0.309 e. The van der Waals surface area contributed by atoms with Crippen molar-refractivity contribution in [1.29, 1.82) is 0 Å². The number of fused-ring (bicyclic) bond motifs is 1. The number of pyridine rings is 1. The fourth-order valence-electron chi connectivity index (χ4n) is 1.47. The summed E-state index contributed by atoms with van der Waals surface area (Å²) < 4.78 is 0. The molecule has 2 nitrogen and oxygen atoms in total. The Morgan fingerprint density at radius 3 is 2.87 bits per heavy atom. The van der Waals surface area contributed by atoms with Gasteiger partial charge in [-0.2, -0.15) is 0 Å². The fraction of sp³-hybridized carbons (Fsp3) is 0.167. The van der Waals surface area contributed by atoms with E-state index in [0.717, 1.165) is 16.5 Å². The standard InChI is InChI=1S/C12H9ClN2/c1-8(14-2)10-7-9-5-3-4-6-11(9)15-12(10)13/h3-8H,1H3. The summed E-state index contributed by atoms with van der Waals surface area (Å²) in [5.41, 5.74) is 1.66. The highest BCUT2D eigenvalue weighted by molar-refractivity contribution is 6.30. The van der Waals surface area contributed by atoms with E-state index in [-0.39, 0.29) is 6.04 Å². The first-order chi connectivity index (χ1) is 7.22. The maximum Gasteiger partial charge on any atom is 0.248 e. The number of hydrogen-bond acceptors (Lipinski definition) is 1. The molecular formula is C12H9ClN2. The molecule has 1 aromatic carbocycles. The van der Waals surface area contributed by atoms with Crippen molar-refractivity contribution >= 4 is 22.5 Å². The van der Waals surface area contributed by atoms with Gasteiger partial charge >= 0.3 is 0 Å². The van der Waals surface area contributed by atoms with Crippen molar-refractivity contribution in [2.45, 2.75) is 13.0 Å². The molecular weight excluding hydrogens is 208 g/mol. The van der Waals surface area contributed by atoms with Gasteiger partial charge in [0.2, 0.25) is 6.04 Å². The largest absolute Gasteiger partial charge is 0.309 e. The van der Waals surface area contributed by atoms with Crippen molar-refractivity contribution in [3.05, 3.63) is 52.5 Å². The molecule has 1 unspecified atom stereocenters. The summed E-state index contributed by atoms with van der Waals surface area (Å²) in [4.78, 5) is 7.72. The first kappa shape index (κ1) is 9.95. The van der Waals surface area contributed by atoms with Crippen LogP contribution in [0.15, 0.2) is 30.3 Å². The smallest absolute Gasteiger partial charge is 0.248 e. The lowest BCUT2D eigenvalue weighted by Crippen LogP contribution is -1.92. The summed E-state index contributed by atoms with van der Waals surface area (Å²) >= 11 is 6.02. The maximum absolute atomic E-state index is 6.99. The summed E-state index contributed by atoms with van der Waals surface area (Å²) in [5, 5.41) is 1.45. The molecule has 0 amide bonds. The minimum atomic E-state index is -0.241. The van der Waals surface area contributed by atoms with Gasteiger partial charge in [-0.15, -0.1) is 0 Å². The van der Waals surface area contributed by atoms with Gasteiger partial charge in [-0.1, -0.05) is 29.8 Å². The molecule has 74 valence electrons. The van der Waals surface area contributed by atoms with Gasteiger partial charge in [0.15, 0.2) is 0 Å². The van der Waals surface area contributed by atoms with Crippen LogP contribution in [-0.2, 0) is 0 Å². The van der Waals surface area contributed by atoms with Gasteiger partial charge in [-0.05, 0) is 12.1 Å². The predicted molar refractivity (Wildman–Crippen MR) is 61.8 cm³/mol. The first-order valence-corrected chi connectivity index (χ1v) is 5.02. The zero-order valence-corrected chi connectivity index (χ0v) is 8.99. The summed E-state index contributed by atoms with van der Waals surface area (Å²) in [6.45, 7) is 8.81. The highest BCUT2D eigenvalue weighted by Crippen LogP contribution is 2.27. The summed E-state index contributed by atoms with van der Waals surface area (Å²) in [5.74, 6) is 0. The van der Waals surface area contributed by atoms with E-state index in [2.05, 4.69) is 9.83 Å². The number of aromatic nitrogens is 1. The lowest BCUT2D eigenvalue weighted by atomic mass is 10.1. The molecule has 1 aromatic heterocycles. The van der Waals surface area contributed by atoms with E-state index in [1.807, 2.05) is 37.3 Å². The number of hydrogen-bond donors (Lipinski definition) is 0. The summed E-state index contributed by atoms with van der Waals surface area (Å²) in [6, 6.07) is 9.45. The van der Waals surface area contributed by atoms with Gasteiger partial charge in [-0.3, -0.25) is 0 Å². The molecule has 2 aromatic rings. The quantitative estimate of drug-likeness (QED) is 0.523. The second-order valence-corrected chi connectivity index (χ2v) is 3.72. The van der Waals surface area contributed by atoms with Gasteiger partial charge in [0.1, 0.15) is 5.15 Å². The summed E-state index contributed by atoms with van der Waals surface area (Å²) in [6.07, 6.45) is 0. The monoisotopic (exact) mass is 216 g/mol. The van der Waals surface area contributed by atoms with Gasteiger partial charge in [0.25, 0.3) is 0 Å². The summed E-state index contributed by atoms with van der Waals surface area (Å²) in [7, 11) is 0. The Balaban J connectivity index is 2.68. The third-order valence-corrected chi connectivity index (χ3v) is 2.65. The van der Waals surface area contributed by atoms with Crippen molar-refractivity contribution in [1.82, 2.24) is 4.98 Å². The van der Waals surface area contributed by atoms with E-state index in [9.17, 15) is 0 Å². The highest BCUT2D eigenvalue weighted by Gasteiger charge is 2.14. The van der Waals surface area contributed by atoms with E-state index in [4.69, 9.17) is 18.2 Å².